The van der Waals surface area contributed by atoms with Crippen molar-refractivity contribution in [3.63, 3.8) is 0 Å². The number of hydrogen-bond acceptors (Lipinski definition) is 3. The van der Waals surface area contributed by atoms with E-state index in [1.54, 1.807) is 11.3 Å². The van der Waals surface area contributed by atoms with Crippen LogP contribution in [-0.2, 0) is 4.79 Å². The number of rotatable bonds is 3. The molecule has 0 bridgehead atoms. The highest BCUT2D eigenvalue weighted by Gasteiger charge is 2.33. The molecule has 2 atom stereocenters. The fraction of sp³-hybridized carbons (Fsp3) is 0.353. The molecule has 1 fully saturated rings. The molecule has 1 aromatic carbocycles. The first-order valence-electron chi connectivity index (χ1n) is 7.33. The Kier molecular flexibility index (Phi) is 4.08. The number of nitrogens with zero attached hydrogens (tertiary/aromatic N) is 1. The van der Waals surface area contributed by atoms with Crippen LogP contribution < -0.4 is 5.73 Å². The third-order valence-corrected chi connectivity index (χ3v) is 5.15. The maximum Gasteiger partial charge on any atom is 0.245 e. The van der Waals surface area contributed by atoms with Gasteiger partial charge in [0.1, 0.15) is 6.04 Å². The van der Waals surface area contributed by atoms with E-state index < -0.39 is 6.04 Å². The van der Waals surface area contributed by atoms with Crippen LogP contribution in [-0.4, -0.2) is 17.4 Å². The number of nitrogens with two attached hydrogens (primary N) is 1. The lowest BCUT2D eigenvalue weighted by Crippen LogP contribution is -2.38. The molecule has 0 spiro atoms. The van der Waals surface area contributed by atoms with Crippen LogP contribution in [0, 0.1) is 6.92 Å². The van der Waals surface area contributed by atoms with E-state index in [0.717, 1.165) is 24.3 Å². The smallest absolute Gasteiger partial charge is 0.245 e. The van der Waals surface area contributed by atoms with E-state index in [4.69, 9.17) is 5.73 Å². The molecule has 3 rings (SSSR count). The average Bonchev–Trinajstić information content (AvgIpc) is 3.17. The van der Waals surface area contributed by atoms with E-state index in [9.17, 15) is 4.79 Å². The van der Waals surface area contributed by atoms with Crippen LogP contribution in [0.1, 0.15) is 40.9 Å². The standard InChI is InChI=1S/C17H20N2OS/c1-12-6-2-3-7-13(12)14-8-4-10-19(14)17(20)16(18)15-9-5-11-21-15/h2-3,5-7,9,11,14,16H,4,8,10,18H2,1H3. The Bertz CT molecular complexity index is 623. The monoisotopic (exact) mass is 300 g/mol. The first-order valence-corrected chi connectivity index (χ1v) is 8.21. The molecule has 4 heteroatoms. The van der Waals surface area contributed by atoms with Gasteiger partial charge in [0.2, 0.25) is 5.91 Å². The van der Waals surface area contributed by atoms with Crippen molar-refractivity contribution in [2.75, 3.05) is 6.54 Å². The second-order valence-corrected chi connectivity index (χ2v) is 6.52. The zero-order valence-corrected chi connectivity index (χ0v) is 13.0. The van der Waals surface area contributed by atoms with Gasteiger partial charge in [-0.15, -0.1) is 11.3 Å². The minimum atomic E-state index is -0.533. The molecule has 2 aromatic rings. The zero-order chi connectivity index (χ0) is 14.8. The van der Waals surface area contributed by atoms with E-state index in [-0.39, 0.29) is 11.9 Å². The van der Waals surface area contributed by atoms with Crippen LogP contribution in [0.2, 0.25) is 0 Å². The molecule has 1 aliphatic heterocycles. The summed E-state index contributed by atoms with van der Waals surface area (Å²) in [6.07, 6.45) is 2.07. The third-order valence-electron chi connectivity index (χ3n) is 4.20. The number of likely N-dealkylation sites (tertiary alicyclic amines) is 1. The summed E-state index contributed by atoms with van der Waals surface area (Å²) in [5, 5.41) is 1.96. The van der Waals surface area contributed by atoms with E-state index in [0.29, 0.717) is 0 Å². The number of amides is 1. The second kappa shape index (κ2) is 6.00. The molecule has 1 amide bonds. The van der Waals surface area contributed by atoms with E-state index in [1.807, 2.05) is 34.5 Å². The number of hydrogen-bond donors (Lipinski definition) is 1. The van der Waals surface area contributed by atoms with Gasteiger partial charge in [0, 0.05) is 11.4 Å². The van der Waals surface area contributed by atoms with Crippen molar-refractivity contribution in [2.45, 2.75) is 31.8 Å². The number of aryl methyl sites for hydroxylation is 1. The van der Waals surface area contributed by atoms with Gasteiger partial charge in [-0.25, -0.2) is 0 Å². The summed E-state index contributed by atoms with van der Waals surface area (Å²) < 4.78 is 0. The summed E-state index contributed by atoms with van der Waals surface area (Å²) in [5.41, 5.74) is 8.65. The summed E-state index contributed by atoms with van der Waals surface area (Å²) in [5.74, 6) is 0.0446. The van der Waals surface area contributed by atoms with Gasteiger partial charge in [-0.05, 0) is 42.3 Å². The lowest BCUT2D eigenvalue weighted by Gasteiger charge is -2.28. The van der Waals surface area contributed by atoms with E-state index >= 15 is 0 Å². The summed E-state index contributed by atoms with van der Waals surface area (Å²) in [6.45, 7) is 2.91. The molecule has 2 heterocycles. The zero-order valence-electron chi connectivity index (χ0n) is 12.2. The minimum Gasteiger partial charge on any atom is -0.334 e. The highest BCUT2D eigenvalue weighted by Crippen LogP contribution is 2.35. The highest BCUT2D eigenvalue weighted by molar-refractivity contribution is 7.10. The van der Waals surface area contributed by atoms with Crippen molar-refractivity contribution in [3.05, 3.63) is 57.8 Å². The predicted molar refractivity (Wildman–Crippen MR) is 86.1 cm³/mol. The van der Waals surface area contributed by atoms with Crippen molar-refractivity contribution in [3.8, 4) is 0 Å². The molecule has 2 N–H and O–H groups in total. The first kappa shape index (κ1) is 14.3. The van der Waals surface area contributed by atoms with Crippen LogP contribution in [0.4, 0.5) is 0 Å². The Balaban J connectivity index is 1.84. The van der Waals surface area contributed by atoms with Gasteiger partial charge in [0.15, 0.2) is 0 Å². The van der Waals surface area contributed by atoms with Crippen molar-refractivity contribution in [1.82, 2.24) is 4.90 Å². The lowest BCUT2D eigenvalue weighted by atomic mass is 9.99. The Morgan fingerprint density at radius 1 is 1.33 bits per heavy atom. The van der Waals surface area contributed by atoms with Crippen molar-refractivity contribution < 1.29 is 4.79 Å². The highest BCUT2D eigenvalue weighted by atomic mass is 32.1. The summed E-state index contributed by atoms with van der Waals surface area (Å²) in [4.78, 5) is 15.7. The molecular weight excluding hydrogens is 280 g/mol. The van der Waals surface area contributed by atoms with Gasteiger partial charge >= 0.3 is 0 Å². The molecule has 3 nitrogen and oxygen atoms in total. The maximum absolute atomic E-state index is 12.7. The second-order valence-electron chi connectivity index (χ2n) is 5.54. The normalized spacial score (nSPS) is 19.7. The molecule has 2 unspecified atom stereocenters. The van der Waals surface area contributed by atoms with Crippen LogP contribution in [0.25, 0.3) is 0 Å². The molecule has 0 radical (unpaired) electrons. The molecule has 21 heavy (non-hydrogen) atoms. The van der Waals surface area contributed by atoms with E-state index in [2.05, 4.69) is 19.1 Å². The fourth-order valence-electron chi connectivity index (χ4n) is 3.08. The van der Waals surface area contributed by atoms with Gasteiger partial charge in [0.25, 0.3) is 0 Å². The van der Waals surface area contributed by atoms with Crippen LogP contribution in [0.15, 0.2) is 41.8 Å². The third kappa shape index (κ3) is 2.74. The van der Waals surface area contributed by atoms with Crippen LogP contribution >= 0.6 is 11.3 Å². The molecule has 1 saturated heterocycles. The first-order chi connectivity index (χ1) is 10.2. The number of carbonyl (C=O) groups is 1. The van der Waals surface area contributed by atoms with Gasteiger partial charge in [-0.2, -0.15) is 0 Å². The molecule has 110 valence electrons. The van der Waals surface area contributed by atoms with Crippen LogP contribution in [0.3, 0.4) is 0 Å². The Labute approximate surface area is 129 Å². The predicted octanol–water partition coefficient (Wildman–Crippen LogP) is 3.42. The van der Waals surface area contributed by atoms with Gasteiger partial charge < -0.3 is 10.6 Å². The topological polar surface area (TPSA) is 46.3 Å². The molecular formula is C17H20N2OS. The molecule has 1 aliphatic rings. The van der Waals surface area contributed by atoms with Crippen molar-refractivity contribution in [1.29, 1.82) is 0 Å². The Morgan fingerprint density at radius 3 is 2.86 bits per heavy atom. The molecule has 0 aliphatic carbocycles. The Morgan fingerprint density at radius 2 is 2.14 bits per heavy atom. The molecule has 1 aromatic heterocycles. The SMILES string of the molecule is Cc1ccccc1C1CCCN1C(=O)C(N)c1cccs1. The summed E-state index contributed by atoms with van der Waals surface area (Å²) >= 11 is 1.55. The van der Waals surface area contributed by atoms with Gasteiger partial charge in [-0.1, -0.05) is 30.3 Å². The van der Waals surface area contributed by atoms with E-state index in [1.165, 1.54) is 11.1 Å². The van der Waals surface area contributed by atoms with Gasteiger partial charge in [0.05, 0.1) is 6.04 Å². The largest absolute Gasteiger partial charge is 0.334 e. The number of benzene rings is 1. The van der Waals surface area contributed by atoms with Crippen molar-refractivity contribution >= 4 is 17.2 Å². The molecule has 0 saturated carbocycles. The number of thiophene rings is 1. The minimum absolute atomic E-state index is 0.0446. The lowest BCUT2D eigenvalue weighted by molar-refractivity contribution is -0.133. The Hall–Kier alpha value is -1.65. The van der Waals surface area contributed by atoms with Gasteiger partial charge in [-0.3, -0.25) is 4.79 Å². The fourth-order valence-corrected chi connectivity index (χ4v) is 3.80. The van der Waals surface area contributed by atoms with Crippen molar-refractivity contribution in [2.24, 2.45) is 5.73 Å². The summed E-state index contributed by atoms with van der Waals surface area (Å²) in [7, 11) is 0. The quantitative estimate of drug-likeness (QED) is 0.944. The average molecular weight is 300 g/mol. The maximum atomic E-state index is 12.7. The summed E-state index contributed by atoms with van der Waals surface area (Å²) in [6, 6.07) is 11.8. The number of carbonyl (C=O) groups excluding carboxylic acids is 1. The van der Waals surface area contributed by atoms with Crippen LogP contribution in [0.5, 0.6) is 0 Å².